The van der Waals surface area contributed by atoms with Crippen LogP contribution < -0.4 is 13.7 Å². The van der Waals surface area contributed by atoms with Gasteiger partial charge in [0, 0.05) is 69.4 Å². The van der Waals surface area contributed by atoms with Crippen molar-refractivity contribution in [3.63, 3.8) is 0 Å². The van der Waals surface area contributed by atoms with Gasteiger partial charge in [-0.1, -0.05) is 133 Å². The van der Waals surface area contributed by atoms with Crippen LogP contribution in [0.5, 0.6) is 0 Å². The summed E-state index contributed by atoms with van der Waals surface area (Å²) < 4.78 is 65.6. The van der Waals surface area contributed by atoms with E-state index in [4.69, 9.17) is 37.9 Å². The molecule has 0 radical (unpaired) electrons. The molecule has 0 atom stereocenters. The summed E-state index contributed by atoms with van der Waals surface area (Å²) in [7, 11) is 0.259. The lowest BCUT2D eigenvalue weighted by molar-refractivity contribution is -0.617. The quantitative estimate of drug-likeness (QED) is 0.0608. The first kappa shape index (κ1) is 64.6. The van der Waals surface area contributed by atoms with Crippen LogP contribution in [0, 0.1) is 0 Å². The van der Waals surface area contributed by atoms with Gasteiger partial charge < -0.3 is 4.55 Å². The number of halogens is 3. The van der Waals surface area contributed by atoms with E-state index >= 15 is 0 Å². The summed E-state index contributed by atoms with van der Waals surface area (Å²) in [6.45, 7) is 0. The van der Waals surface area contributed by atoms with Crippen molar-refractivity contribution in [3.8, 4) is 90.6 Å². The number of pyridine rings is 8. The van der Waals surface area contributed by atoms with Gasteiger partial charge in [-0.3, -0.25) is 0 Å². The minimum atomic E-state index is -6.09. The second-order valence-corrected chi connectivity index (χ2v) is 25.9. The lowest BCUT2D eigenvalue weighted by atomic mass is 9.98. The predicted molar refractivity (Wildman–Crippen MR) is 396 cm³/mol. The molecular weight excluding hydrogens is 1310 g/mol. The molecule has 0 amide bonds. The summed E-state index contributed by atoms with van der Waals surface area (Å²) in [6, 6.07) is 95.9. The van der Waals surface area contributed by atoms with Crippen LogP contribution >= 0.6 is 0 Å². The summed E-state index contributed by atoms with van der Waals surface area (Å²) in [5.74, 6) is 0. The van der Waals surface area contributed by atoms with Crippen molar-refractivity contribution < 1.29 is 39.8 Å². The molecule has 0 aliphatic carbocycles. The molecule has 8 aromatic carbocycles. The first-order chi connectivity index (χ1) is 50.1. The monoisotopic (exact) mass is 1370 g/mol. The van der Waals surface area contributed by atoms with Crippen LogP contribution in [0.15, 0.2) is 292 Å². The number of rotatable bonds is 8. The van der Waals surface area contributed by atoms with Crippen LogP contribution in [0.3, 0.4) is 0 Å². The highest BCUT2D eigenvalue weighted by atomic mass is 32.2. The SMILES string of the molecule is C[n+]1c2ccccc2c(-c2cccc(-c3cc(-c4cccc(-c5c6ccccc6[n+](C)c6ccccc56)n4)ncn3)n2)c2ccccc21.C[n+]1c2ccccc2c(-c2cccc(-c3cc(-c4cccc(-c5c6ccccc6nc6ccccc56)n4)ncn3)n2)c2ccccc21.O=S(=O)([O-])C(F)(F)F. The van der Waals surface area contributed by atoms with Crippen molar-refractivity contribution in [1.29, 1.82) is 0 Å². The molecule has 18 rings (SSSR count). The van der Waals surface area contributed by atoms with E-state index in [0.29, 0.717) is 0 Å². The van der Waals surface area contributed by atoms with Gasteiger partial charge in [-0.15, -0.1) is 0 Å². The van der Waals surface area contributed by atoms with Crippen LogP contribution in [-0.4, -0.2) is 63.3 Å². The smallest absolute Gasteiger partial charge is 0.485 e. The average molecular weight is 1370 g/mol. The van der Waals surface area contributed by atoms with E-state index in [1.165, 1.54) is 0 Å². The standard InChI is InChI=1S/C42H30N6.C41H27N6.CHF3O3S/c1-47-37-21-7-3-13-27(37)41(28-14-4-8-22-38(28)47)33-19-11-17-31(45-33)35-25-36(44-26-43-35)32-18-12-20-34(46-32)42-29-15-5-9-23-39(29)48(2)40-24-10-6-16-30(40)42;1-47-38-22-8-4-14-28(38)41(29-15-5-9-23-39(29)47)35-21-11-19-33(46-35)37-24-36(42-25-43-37)32-18-10-20-34(45-32)40-26-12-2-6-16-30(26)44-31-17-7-3-13-27(31)40;2-1(3,4)8(5,6)7/h3-26H,1-2H3;2-25H,1H3;(H,5,6,7)/q+2;+1;/p-1. The minimum absolute atomic E-state index is 0.731. The lowest BCUT2D eigenvalue weighted by Gasteiger charge is -2.12. The van der Waals surface area contributed by atoms with Crippen molar-refractivity contribution in [2.45, 2.75) is 5.51 Å². The van der Waals surface area contributed by atoms with Crippen LogP contribution in [-0.2, 0) is 31.3 Å². The van der Waals surface area contributed by atoms with E-state index in [1.807, 2.05) is 78.9 Å². The molecule has 15 nitrogen and oxygen atoms in total. The number of hydrogen-bond donors (Lipinski definition) is 0. The Hall–Kier alpha value is -13.1. The molecule has 0 fully saturated rings. The third kappa shape index (κ3) is 12.1. The molecule has 0 aliphatic heterocycles. The zero-order valence-electron chi connectivity index (χ0n) is 55.3. The van der Waals surface area contributed by atoms with E-state index in [1.54, 1.807) is 12.7 Å². The molecule has 0 unspecified atom stereocenters. The van der Waals surface area contributed by atoms with E-state index in [0.717, 1.165) is 178 Å². The maximum absolute atomic E-state index is 10.7. The van der Waals surface area contributed by atoms with Gasteiger partial charge in [-0.05, 0) is 109 Å². The van der Waals surface area contributed by atoms with E-state index in [9.17, 15) is 13.2 Å². The Morgan fingerprint density at radius 2 is 0.476 bits per heavy atom. The van der Waals surface area contributed by atoms with E-state index < -0.39 is 15.6 Å². The molecule has 0 N–H and O–H groups in total. The van der Waals surface area contributed by atoms with Crippen molar-refractivity contribution in [2.24, 2.45) is 21.1 Å². The fourth-order valence-electron chi connectivity index (χ4n) is 13.8. The Bertz CT molecular complexity index is 6150. The largest absolute Gasteiger partial charge is 0.741 e. The van der Waals surface area contributed by atoms with Gasteiger partial charge in [0.2, 0.25) is 33.1 Å². The number of hydrogen-bond acceptors (Lipinski definition) is 12. The normalized spacial score (nSPS) is 11.7. The number of para-hydroxylation sites is 8. The zero-order chi connectivity index (χ0) is 70.5. The third-order valence-electron chi connectivity index (χ3n) is 18.5. The molecule has 18 aromatic rings. The van der Waals surface area contributed by atoms with Crippen LogP contribution in [0.1, 0.15) is 0 Å². The number of aromatic nitrogens is 12. The highest BCUT2D eigenvalue weighted by Gasteiger charge is 2.37. The van der Waals surface area contributed by atoms with Gasteiger partial charge in [-0.2, -0.15) is 26.9 Å². The Morgan fingerprint density at radius 1 is 0.272 bits per heavy atom. The van der Waals surface area contributed by atoms with Gasteiger partial charge in [0.1, 0.15) is 33.8 Å². The second kappa shape index (κ2) is 26.5. The predicted octanol–water partition coefficient (Wildman–Crippen LogP) is 17.0. The molecule has 0 saturated carbocycles. The van der Waals surface area contributed by atoms with Gasteiger partial charge in [-0.25, -0.2) is 53.3 Å². The number of benzene rings is 8. The van der Waals surface area contributed by atoms with Crippen LogP contribution in [0.4, 0.5) is 13.2 Å². The summed E-state index contributed by atoms with van der Waals surface area (Å²) >= 11 is 0. The molecule has 10 heterocycles. The maximum Gasteiger partial charge on any atom is 0.485 e. The fraction of sp³-hybridized carbons (Fsp3) is 0.0476. The molecule has 0 spiro atoms. The maximum atomic E-state index is 10.7. The van der Waals surface area contributed by atoms with Crippen molar-refractivity contribution in [3.05, 3.63) is 292 Å². The molecule has 0 bridgehead atoms. The van der Waals surface area contributed by atoms with E-state index in [-0.39, 0.29) is 0 Å². The van der Waals surface area contributed by atoms with Crippen molar-refractivity contribution in [2.75, 3.05) is 0 Å². The number of alkyl halides is 3. The van der Waals surface area contributed by atoms with Crippen molar-refractivity contribution in [1.82, 2.24) is 44.9 Å². The molecule has 0 aliphatic rings. The number of aryl methyl sites for hydroxylation is 3. The Kier molecular flexibility index (Phi) is 16.6. The highest BCUT2D eigenvalue weighted by molar-refractivity contribution is 7.86. The summed E-state index contributed by atoms with van der Waals surface area (Å²) in [5, 5.41) is 9.05. The summed E-state index contributed by atoms with van der Waals surface area (Å²) in [6.07, 6.45) is 3.20. The number of nitrogens with zero attached hydrogens (tertiary/aromatic N) is 12. The van der Waals surface area contributed by atoms with Crippen LogP contribution in [0.25, 0.3) is 178 Å². The van der Waals surface area contributed by atoms with E-state index in [2.05, 4.69) is 255 Å². The van der Waals surface area contributed by atoms with Crippen molar-refractivity contribution >= 4 is 97.3 Å². The average Bonchev–Trinajstić information content (AvgIpc) is 0.761. The minimum Gasteiger partial charge on any atom is -0.741 e. The molecule has 0 saturated heterocycles. The molecular formula is C84H57F3N12O3S+2. The molecule has 496 valence electrons. The van der Waals surface area contributed by atoms with Gasteiger partial charge in [0.15, 0.2) is 10.1 Å². The van der Waals surface area contributed by atoms with Gasteiger partial charge >= 0.3 is 5.51 Å². The fourth-order valence-corrected chi connectivity index (χ4v) is 13.8. The second-order valence-electron chi connectivity index (χ2n) is 24.5. The first-order valence-corrected chi connectivity index (χ1v) is 34.3. The molecule has 103 heavy (non-hydrogen) atoms. The van der Waals surface area contributed by atoms with Gasteiger partial charge in [0.25, 0.3) is 0 Å². The topological polar surface area (TPSA) is 185 Å². The first-order valence-electron chi connectivity index (χ1n) is 32.9. The Morgan fingerprint density at radius 3 is 0.718 bits per heavy atom. The third-order valence-corrected chi connectivity index (χ3v) is 19.1. The molecule has 10 aromatic heterocycles. The zero-order valence-corrected chi connectivity index (χ0v) is 56.2. The summed E-state index contributed by atoms with van der Waals surface area (Å²) in [4.78, 5) is 44.3. The number of fused-ring (bicyclic) bond motifs is 8. The summed E-state index contributed by atoms with van der Waals surface area (Å²) in [5.41, 5.74) is 17.2. The highest BCUT2D eigenvalue weighted by Crippen LogP contribution is 2.40. The lowest BCUT2D eigenvalue weighted by Crippen LogP contribution is -2.30. The van der Waals surface area contributed by atoms with Gasteiger partial charge in [0.05, 0.1) is 112 Å². The Balaban J connectivity index is 0.000000144. The molecule has 19 heteroatoms. The Labute approximate surface area is 587 Å². The van der Waals surface area contributed by atoms with Crippen LogP contribution in [0.2, 0.25) is 0 Å².